The SMILES string of the molecule is CC(C)c1ccc(N2CCN(C(C)C)CC2)nc1.CC(C)c1ccc(N2CCN(CCN(C)C)CC2)nc1.CC(C)c1ccc(N2CCN(CCO)CC2)cn1.CCN1CCN(c2ccc(C(C)C)c(OC)c2)CC1.CCN1CCN(c2ccc(C(C)C)nc2)CC1. The average Bonchev–Trinajstić information content (AvgIpc) is 1.26. The minimum absolute atomic E-state index is 0.255. The number of ether oxygens (including phenoxy) is 1. The van der Waals surface area contributed by atoms with E-state index in [9.17, 15) is 0 Å². The van der Waals surface area contributed by atoms with Crippen molar-refractivity contribution < 1.29 is 9.84 Å². The molecular formula is C75H125N15O2. The molecule has 5 fully saturated rings. The highest BCUT2D eigenvalue weighted by atomic mass is 16.5. The molecule has 0 atom stereocenters. The Morgan fingerprint density at radius 3 is 1.13 bits per heavy atom. The summed E-state index contributed by atoms with van der Waals surface area (Å²) in [6, 6.07) is 24.7. The lowest BCUT2D eigenvalue weighted by molar-refractivity contribution is 0.189. The van der Waals surface area contributed by atoms with Crippen molar-refractivity contribution in [1.29, 1.82) is 0 Å². The van der Waals surface area contributed by atoms with Gasteiger partial charge in [-0.15, -0.1) is 0 Å². The van der Waals surface area contributed by atoms with Crippen LogP contribution in [0.5, 0.6) is 5.75 Å². The van der Waals surface area contributed by atoms with E-state index < -0.39 is 0 Å². The fourth-order valence-electron chi connectivity index (χ4n) is 12.1. The van der Waals surface area contributed by atoms with Gasteiger partial charge in [0.15, 0.2) is 0 Å². The van der Waals surface area contributed by atoms with Gasteiger partial charge in [0.25, 0.3) is 0 Å². The maximum Gasteiger partial charge on any atom is 0.128 e. The molecule has 512 valence electrons. The Bertz CT molecular complexity index is 2740. The van der Waals surface area contributed by atoms with Gasteiger partial charge in [0.2, 0.25) is 0 Å². The van der Waals surface area contributed by atoms with E-state index in [0.29, 0.717) is 35.6 Å². The molecule has 4 aromatic heterocycles. The van der Waals surface area contributed by atoms with E-state index in [2.05, 4.69) is 252 Å². The molecule has 17 nitrogen and oxygen atoms in total. The molecule has 5 aromatic rings. The molecule has 1 aromatic carbocycles. The molecule has 5 aliphatic heterocycles. The van der Waals surface area contributed by atoms with E-state index in [4.69, 9.17) is 9.84 Å². The highest BCUT2D eigenvalue weighted by Gasteiger charge is 2.23. The Labute approximate surface area is 559 Å². The largest absolute Gasteiger partial charge is 0.496 e. The summed E-state index contributed by atoms with van der Waals surface area (Å²) in [7, 11) is 6.03. The molecule has 0 amide bonds. The smallest absolute Gasteiger partial charge is 0.128 e. The first-order chi connectivity index (χ1) is 44.2. The Morgan fingerprint density at radius 2 is 0.804 bits per heavy atom. The van der Waals surface area contributed by atoms with Gasteiger partial charge in [0.1, 0.15) is 17.4 Å². The number of methoxy groups -OCH3 is 1. The topological polar surface area (TPSA) is 117 Å². The number of hydrogen-bond donors (Lipinski definition) is 1. The summed E-state index contributed by atoms with van der Waals surface area (Å²) in [6.45, 7) is 58.7. The van der Waals surface area contributed by atoms with Crippen molar-refractivity contribution in [2.24, 2.45) is 0 Å². The number of aliphatic hydroxyl groups is 1. The summed E-state index contributed by atoms with van der Waals surface area (Å²) < 4.78 is 5.54. The Hall–Kier alpha value is -5.66. The number of rotatable bonds is 19. The molecule has 1 N–H and O–H groups in total. The number of hydrogen-bond acceptors (Lipinski definition) is 17. The van der Waals surface area contributed by atoms with Crippen molar-refractivity contribution in [3.63, 3.8) is 0 Å². The first-order valence-corrected chi connectivity index (χ1v) is 35.4. The predicted octanol–water partition coefficient (Wildman–Crippen LogP) is 11.3. The van der Waals surface area contributed by atoms with Gasteiger partial charge >= 0.3 is 0 Å². The Morgan fingerprint density at radius 1 is 0.413 bits per heavy atom. The van der Waals surface area contributed by atoms with Crippen molar-refractivity contribution in [1.82, 2.24) is 49.3 Å². The number of β-amino-alcohol motifs (C(OH)–C–C–N with tert-alkyl or cyclic N) is 1. The zero-order chi connectivity index (χ0) is 66.7. The summed E-state index contributed by atoms with van der Waals surface area (Å²) in [6.07, 6.45) is 8.06. The molecule has 0 aliphatic carbocycles. The van der Waals surface area contributed by atoms with E-state index in [1.54, 1.807) is 7.11 Å². The monoisotopic (exact) mass is 1270 g/mol. The van der Waals surface area contributed by atoms with Crippen molar-refractivity contribution in [3.05, 3.63) is 120 Å². The van der Waals surface area contributed by atoms with Crippen LogP contribution < -0.4 is 29.2 Å². The van der Waals surface area contributed by atoms with Gasteiger partial charge in [-0.1, -0.05) is 101 Å². The molecule has 17 heteroatoms. The van der Waals surface area contributed by atoms with E-state index >= 15 is 0 Å². The predicted molar refractivity (Wildman–Crippen MR) is 391 cm³/mol. The van der Waals surface area contributed by atoms with Crippen LogP contribution in [0.15, 0.2) is 91.5 Å². The molecule has 5 aliphatic rings. The van der Waals surface area contributed by atoms with Gasteiger partial charge in [-0.25, -0.2) is 9.97 Å². The van der Waals surface area contributed by atoms with Gasteiger partial charge in [-0.3, -0.25) is 24.7 Å². The second kappa shape index (κ2) is 39.3. The molecule has 0 saturated carbocycles. The fraction of sp³-hybridized carbons (Fsp3) is 0.653. The van der Waals surface area contributed by atoms with E-state index in [0.717, 1.165) is 161 Å². The molecule has 0 spiro atoms. The maximum atomic E-state index is 8.92. The number of piperazine rings is 5. The summed E-state index contributed by atoms with van der Waals surface area (Å²) in [5.74, 6) is 5.89. The normalized spacial score (nSPS) is 17.4. The number of aliphatic hydroxyl groups excluding tert-OH is 1. The molecule has 5 saturated heterocycles. The second-order valence-electron chi connectivity index (χ2n) is 27.6. The van der Waals surface area contributed by atoms with E-state index in [-0.39, 0.29) is 6.61 Å². The number of pyridine rings is 4. The van der Waals surface area contributed by atoms with Crippen molar-refractivity contribution >= 4 is 28.7 Å². The van der Waals surface area contributed by atoms with Crippen LogP contribution in [0.2, 0.25) is 0 Å². The first kappa shape index (κ1) is 75.4. The summed E-state index contributed by atoms with van der Waals surface area (Å²) in [5.41, 5.74) is 10.0. The van der Waals surface area contributed by atoms with Gasteiger partial charge in [-0.05, 0) is 130 Å². The number of nitrogens with zero attached hydrogens (tertiary/aromatic N) is 15. The third kappa shape index (κ3) is 24.3. The van der Waals surface area contributed by atoms with Gasteiger partial charge in [0.05, 0.1) is 37.5 Å². The fourth-order valence-corrected chi connectivity index (χ4v) is 12.1. The van der Waals surface area contributed by atoms with Crippen LogP contribution in [0.1, 0.15) is 155 Å². The Balaban J connectivity index is 0.000000183. The average molecular weight is 1270 g/mol. The molecular weight excluding hydrogens is 1140 g/mol. The van der Waals surface area contributed by atoms with Crippen molar-refractivity contribution in [2.45, 2.75) is 133 Å². The molecule has 0 radical (unpaired) electrons. The number of anilines is 5. The van der Waals surface area contributed by atoms with Crippen molar-refractivity contribution in [2.75, 3.05) is 216 Å². The van der Waals surface area contributed by atoms with Crippen LogP contribution in [0.3, 0.4) is 0 Å². The lowest BCUT2D eigenvalue weighted by atomic mass is 10.0. The van der Waals surface area contributed by atoms with Gasteiger partial charge in [-0.2, -0.15) is 0 Å². The molecule has 0 bridgehead atoms. The highest BCUT2D eigenvalue weighted by molar-refractivity contribution is 5.55. The number of aromatic nitrogens is 4. The lowest BCUT2D eigenvalue weighted by Gasteiger charge is -2.37. The minimum atomic E-state index is 0.255. The molecule has 92 heavy (non-hydrogen) atoms. The summed E-state index contributed by atoms with van der Waals surface area (Å²) in [5, 5.41) is 8.92. The molecule has 10 rings (SSSR count). The zero-order valence-electron chi connectivity index (χ0n) is 60.6. The molecule has 0 unspecified atom stereocenters. The quantitative estimate of drug-likeness (QED) is 0.0844. The van der Waals surface area contributed by atoms with Crippen LogP contribution >= 0.6 is 0 Å². The third-order valence-electron chi connectivity index (χ3n) is 18.9. The third-order valence-corrected chi connectivity index (χ3v) is 18.9. The minimum Gasteiger partial charge on any atom is -0.496 e. The van der Waals surface area contributed by atoms with Crippen LogP contribution in [0.25, 0.3) is 0 Å². The summed E-state index contributed by atoms with van der Waals surface area (Å²) in [4.78, 5) is 44.9. The van der Waals surface area contributed by atoms with Crippen LogP contribution in [0.4, 0.5) is 28.7 Å². The lowest BCUT2D eigenvalue weighted by Crippen LogP contribution is -2.49. The second-order valence-corrected chi connectivity index (χ2v) is 27.6. The number of benzene rings is 1. The van der Waals surface area contributed by atoms with Crippen LogP contribution in [0, 0.1) is 0 Å². The van der Waals surface area contributed by atoms with Crippen molar-refractivity contribution in [3.8, 4) is 5.75 Å². The summed E-state index contributed by atoms with van der Waals surface area (Å²) >= 11 is 0. The first-order valence-electron chi connectivity index (χ1n) is 35.4. The van der Waals surface area contributed by atoms with E-state index in [1.165, 1.54) is 65.6 Å². The van der Waals surface area contributed by atoms with E-state index in [1.807, 2.05) is 24.8 Å². The van der Waals surface area contributed by atoms with Crippen LogP contribution in [-0.2, 0) is 0 Å². The van der Waals surface area contributed by atoms with Crippen LogP contribution in [-0.4, -0.2) is 252 Å². The number of likely N-dealkylation sites (N-methyl/N-ethyl adjacent to an activating group) is 3. The van der Waals surface area contributed by atoms with Gasteiger partial charge in [0, 0.05) is 192 Å². The zero-order valence-corrected chi connectivity index (χ0v) is 60.6. The maximum absolute atomic E-state index is 8.92. The standard InChI is InChI=1S/C16H28N4.C16H26N2O.C15H25N3.C14H23N3O.C14H23N3/c1-14(2)15-5-6-16(17-13-15)20-11-9-19(10-12-20)8-7-18(3)4;1-5-17-8-10-18(11-9-17)14-6-7-15(13(2)3)16(12-14)19-4;1-12(2)14-5-6-15(16-11-14)18-9-7-17(8-10-18)13(3)4;1-12(2)14-4-3-13(11-15-14)17-7-5-16(6-8-17)9-10-18;1-4-16-7-9-17(10-8-16)13-5-6-14(12(2)3)15-11-13/h5-6,13-14H,7-12H2,1-4H3;6-7,12-13H,5,8-11H2,1-4H3;5-6,11-13H,7-10H2,1-4H3;3-4,11-12,18H,5-10H2,1-2H3;5-6,11-12H,4,7-10H2,1-3H3. The van der Waals surface area contributed by atoms with Gasteiger partial charge < -0.3 is 49.0 Å². The Kier molecular flexibility index (Phi) is 32.2. The molecule has 9 heterocycles. The highest BCUT2D eigenvalue weighted by Crippen LogP contribution is 2.32.